The van der Waals surface area contributed by atoms with Gasteiger partial charge in [0, 0.05) is 21.4 Å². The van der Waals surface area contributed by atoms with Gasteiger partial charge in [0.2, 0.25) is 6.54 Å². The summed E-state index contributed by atoms with van der Waals surface area (Å²) in [6.45, 7) is -0.220. The highest BCUT2D eigenvalue weighted by molar-refractivity contribution is 5.92. The van der Waals surface area contributed by atoms with Crippen molar-refractivity contribution >= 4 is 10.9 Å². The number of nitro groups is 1. The number of hydrogen-bond donors (Lipinski definition) is 1. The van der Waals surface area contributed by atoms with Crippen molar-refractivity contribution in [3.05, 3.63) is 100 Å². The van der Waals surface area contributed by atoms with Gasteiger partial charge in [0.1, 0.15) is 5.75 Å². The van der Waals surface area contributed by atoms with Crippen LogP contribution >= 0.6 is 0 Å². The van der Waals surface area contributed by atoms with Crippen molar-refractivity contribution in [2.75, 3.05) is 13.7 Å². The molecule has 1 heterocycles. The van der Waals surface area contributed by atoms with E-state index in [4.69, 9.17) is 4.74 Å². The Morgan fingerprint density at radius 3 is 2.39 bits per heavy atom. The fraction of sp³-hybridized carbons (Fsp3) is 0.130. The molecule has 1 aromatic heterocycles. The van der Waals surface area contributed by atoms with Crippen LogP contribution in [-0.2, 0) is 0 Å². The van der Waals surface area contributed by atoms with Gasteiger partial charge >= 0.3 is 0 Å². The third kappa shape index (κ3) is 3.22. The number of benzene rings is 3. The van der Waals surface area contributed by atoms with Gasteiger partial charge in [0.05, 0.1) is 18.7 Å². The number of aromatic nitrogens is 1. The molecule has 0 aliphatic heterocycles. The normalized spacial score (nSPS) is 12.0. The average molecular weight is 372 g/mol. The first kappa shape index (κ1) is 17.8. The molecule has 4 rings (SSSR count). The van der Waals surface area contributed by atoms with Crippen LogP contribution in [0.1, 0.15) is 17.0 Å². The third-order valence-electron chi connectivity index (χ3n) is 5.00. The maximum Gasteiger partial charge on any atom is 0.214 e. The second kappa shape index (κ2) is 7.56. The standard InChI is InChI=1S/C23H20N2O3/c1-28-21-14-8-6-11-17(21)19(15-25(26)27)22-18-12-5-7-13-20(18)24-23(22)16-9-3-2-4-10-16/h2-14,19,24H,15H2,1H3/t19-/m0/s1. The van der Waals surface area contributed by atoms with E-state index in [0.29, 0.717) is 5.75 Å². The van der Waals surface area contributed by atoms with Crippen LogP contribution in [0.15, 0.2) is 78.9 Å². The molecule has 0 bridgehead atoms. The molecule has 0 fully saturated rings. The van der Waals surface area contributed by atoms with Crippen molar-refractivity contribution in [2.24, 2.45) is 0 Å². The van der Waals surface area contributed by atoms with Crippen LogP contribution in [0.4, 0.5) is 0 Å². The number of aromatic amines is 1. The molecule has 5 nitrogen and oxygen atoms in total. The summed E-state index contributed by atoms with van der Waals surface area (Å²) >= 11 is 0. The lowest BCUT2D eigenvalue weighted by Crippen LogP contribution is -2.15. The lowest BCUT2D eigenvalue weighted by atomic mass is 9.87. The number of ether oxygens (including phenoxy) is 1. The minimum Gasteiger partial charge on any atom is -0.496 e. The Labute approximate surface area is 162 Å². The van der Waals surface area contributed by atoms with Crippen molar-refractivity contribution < 1.29 is 9.66 Å². The van der Waals surface area contributed by atoms with E-state index in [2.05, 4.69) is 4.98 Å². The molecule has 0 amide bonds. The van der Waals surface area contributed by atoms with Crippen LogP contribution in [0, 0.1) is 10.1 Å². The average Bonchev–Trinajstić information content (AvgIpc) is 3.12. The Balaban J connectivity index is 2.02. The van der Waals surface area contributed by atoms with Gasteiger partial charge in [-0.05, 0) is 23.3 Å². The maximum absolute atomic E-state index is 11.6. The van der Waals surface area contributed by atoms with E-state index < -0.39 is 5.92 Å². The molecule has 0 saturated heterocycles. The Hall–Kier alpha value is -3.60. The van der Waals surface area contributed by atoms with Gasteiger partial charge in [-0.15, -0.1) is 0 Å². The molecule has 0 aliphatic carbocycles. The van der Waals surface area contributed by atoms with Crippen molar-refractivity contribution in [3.63, 3.8) is 0 Å². The van der Waals surface area contributed by atoms with Gasteiger partial charge < -0.3 is 9.72 Å². The topological polar surface area (TPSA) is 68.2 Å². The molecular formula is C23H20N2O3. The van der Waals surface area contributed by atoms with E-state index in [9.17, 15) is 10.1 Å². The molecule has 4 aromatic rings. The van der Waals surface area contributed by atoms with Crippen molar-refractivity contribution in [3.8, 4) is 17.0 Å². The first-order chi connectivity index (χ1) is 13.7. The van der Waals surface area contributed by atoms with Gasteiger partial charge in [-0.3, -0.25) is 10.1 Å². The summed E-state index contributed by atoms with van der Waals surface area (Å²) in [5.41, 5.74) is 4.59. The van der Waals surface area contributed by atoms with Crippen LogP contribution in [-0.4, -0.2) is 23.6 Å². The SMILES string of the molecule is COc1ccccc1[C@H](C[N+](=O)[O-])c1c(-c2ccccc2)[nH]c2ccccc12. The fourth-order valence-electron chi connectivity index (χ4n) is 3.81. The third-order valence-corrected chi connectivity index (χ3v) is 5.00. The monoisotopic (exact) mass is 372 g/mol. The molecule has 3 aromatic carbocycles. The second-order valence-corrected chi connectivity index (χ2v) is 6.64. The number of rotatable bonds is 6. The largest absolute Gasteiger partial charge is 0.496 e. The Morgan fingerprint density at radius 1 is 0.964 bits per heavy atom. The molecule has 28 heavy (non-hydrogen) atoms. The summed E-state index contributed by atoms with van der Waals surface area (Å²) in [4.78, 5) is 14.8. The van der Waals surface area contributed by atoms with Crippen LogP contribution in [0.5, 0.6) is 5.75 Å². The molecule has 1 atom stereocenters. The minimum absolute atomic E-state index is 0.220. The van der Waals surface area contributed by atoms with E-state index in [1.807, 2.05) is 78.9 Å². The second-order valence-electron chi connectivity index (χ2n) is 6.64. The Kier molecular flexibility index (Phi) is 4.81. The number of nitrogens with one attached hydrogen (secondary N) is 1. The van der Waals surface area contributed by atoms with Crippen molar-refractivity contribution in [2.45, 2.75) is 5.92 Å². The highest BCUT2D eigenvalue weighted by Crippen LogP contribution is 2.41. The lowest BCUT2D eigenvalue weighted by molar-refractivity contribution is -0.481. The fourth-order valence-corrected chi connectivity index (χ4v) is 3.81. The van der Waals surface area contributed by atoms with Gasteiger partial charge in [0.25, 0.3) is 0 Å². The quantitative estimate of drug-likeness (QED) is 0.371. The molecule has 0 radical (unpaired) electrons. The molecule has 0 unspecified atom stereocenters. The molecule has 5 heteroatoms. The smallest absolute Gasteiger partial charge is 0.214 e. The number of fused-ring (bicyclic) bond motifs is 1. The minimum atomic E-state index is -0.447. The zero-order valence-corrected chi connectivity index (χ0v) is 15.5. The Bertz CT molecular complexity index is 1120. The first-order valence-electron chi connectivity index (χ1n) is 9.09. The van der Waals surface area contributed by atoms with E-state index in [0.717, 1.165) is 33.3 Å². The van der Waals surface area contributed by atoms with Crippen molar-refractivity contribution in [1.82, 2.24) is 4.98 Å². The predicted octanol–water partition coefficient (Wildman–Crippen LogP) is 5.25. The van der Waals surface area contributed by atoms with Crippen molar-refractivity contribution in [1.29, 1.82) is 0 Å². The molecule has 140 valence electrons. The zero-order valence-electron chi connectivity index (χ0n) is 15.5. The predicted molar refractivity (Wildman–Crippen MR) is 110 cm³/mol. The van der Waals surface area contributed by atoms with Crippen LogP contribution in [0.3, 0.4) is 0 Å². The number of para-hydroxylation sites is 2. The van der Waals surface area contributed by atoms with E-state index in [1.54, 1.807) is 7.11 Å². The first-order valence-corrected chi connectivity index (χ1v) is 9.09. The summed E-state index contributed by atoms with van der Waals surface area (Å²) in [6.07, 6.45) is 0. The molecule has 0 spiro atoms. The number of methoxy groups -OCH3 is 1. The summed E-state index contributed by atoms with van der Waals surface area (Å²) in [6, 6.07) is 25.4. The number of nitrogens with zero attached hydrogens (tertiary/aromatic N) is 1. The van der Waals surface area contributed by atoms with Gasteiger partial charge in [0.15, 0.2) is 0 Å². The van der Waals surface area contributed by atoms with Gasteiger partial charge in [-0.1, -0.05) is 66.7 Å². The van der Waals surface area contributed by atoms with E-state index in [-0.39, 0.29) is 11.5 Å². The summed E-state index contributed by atoms with van der Waals surface area (Å²) < 4.78 is 5.53. The molecular weight excluding hydrogens is 352 g/mol. The maximum atomic E-state index is 11.6. The summed E-state index contributed by atoms with van der Waals surface area (Å²) in [7, 11) is 1.59. The van der Waals surface area contributed by atoms with Crippen LogP contribution < -0.4 is 4.74 Å². The lowest BCUT2D eigenvalue weighted by Gasteiger charge is -2.18. The highest BCUT2D eigenvalue weighted by atomic mass is 16.6. The summed E-state index contributed by atoms with van der Waals surface area (Å²) in [5.74, 6) is 0.205. The van der Waals surface area contributed by atoms with Gasteiger partial charge in [-0.2, -0.15) is 0 Å². The summed E-state index contributed by atoms with van der Waals surface area (Å²) in [5, 5.41) is 12.6. The van der Waals surface area contributed by atoms with E-state index in [1.165, 1.54) is 0 Å². The Morgan fingerprint density at radius 2 is 1.64 bits per heavy atom. The zero-order chi connectivity index (χ0) is 19.5. The highest BCUT2D eigenvalue weighted by Gasteiger charge is 2.29. The van der Waals surface area contributed by atoms with Crippen LogP contribution in [0.25, 0.3) is 22.2 Å². The molecule has 1 N–H and O–H groups in total. The molecule has 0 saturated carbocycles. The van der Waals surface area contributed by atoms with E-state index >= 15 is 0 Å². The molecule has 0 aliphatic rings. The van der Waals surface area contributed by atoms with Gasteiger partial charge in [-0.25, -0.2) is 0 Å². The number of H-pyrrole nitrogens is 1. The van der Waals surface area contributed by atoms with Crippen LogP contribution in [0.2, 0.25) is 0 Å². The number of hydrogen-bond acceptors (Lipinski definition) is 3.